The fourth-order valence-corrected chi connectivity index (χ4v) is 3.70. The zero-order valence-corrected chi connectivity index (χ0v) is 15.2. The van der Waals surface area contributed by atoms with E-state index in [0.717, 1.165) is 43.9 Å². The van der Waals surface area contributed by atoms with E-state index in [0.29, 0.717) is 18.4 Å². The monoisotopic (exact) mass is 383 g/mol. The Morgan fingerprint density at radius 1 is 0.929 bits per heavy atom. The molecule has 3 rings (SSSR count). The summed E-state index contributed by atoms with van der Waals surface area (Å²) < 4.78 is 0. The standard InChI is InChI=1S/C20H21N3O5/c24-20(17-10-18(22(25)26)12-19(11-17)23(27)28)21-13-14-6-8-16(9-7-14)15-4-2-1-3-5-15/h1-5,10-12,14,16H,6-9,13H2,(H,21,24). The van der Waals surface area contributed by atoms with Crippen LogP contribution in [0.4, 0.5) is 11.4 Å². The van der Waals surface area contributed by atoms with Gasteiger partial charge in [0.05, 0.1) is 21.5 Å². The lowest BCUT2D eigenvalue weighted by Gasteiger charge is -2.29. The van der Waals surface area contributed by atoms with Crippen LogP contribution in [0, 0.1) is 26.1 Å². The van der Waals surface area contributed by atoms with E-state index in [-0.39, 0.29) is 5.56 Å². The summed E-state index contributed by atoms with van der Waals surface area (Å²) in [4.78, 5) is 32.8. The first kappa shape index (κ1) is 19.5. The van der Waals surface area contributed by atoms with Gasteiger partial charge in [0.1, 0.15) is 0 Å². The summed E-state index contributed by atoms with van der Waals surface area (Å²) in [6, 6.07) is 13.3. The quantitative estimate of drug-likeness (QED) is 0.593. The Balaban J connectivity index is 1.57. The van der Waals surface area contributed by atoms with Gasteiger partial charge in [0.15, 0.2) is 0 Å². The first-order valence-electron chi connectivity index (χ1n) is 9.21. The molecule has 1 saturated carbocycles. The van der Waals surface area contributed by atoms with E-state index in [9.17, 15) is 25.0 Å². The number of nitro groups is 2. The highest BCUT2D eigenvalue weighted by molar-refractivity contribution is 5.95. The average molecular weight is 383 g/mol. The zero-order chi connectivity index (χ0) is 20.1. The molecule has 1 aliphatic rings. The Morgan fingerprint density at radius 3 is 2.04 bits per heavy atom. The second-order valence-corrected chi connectivity index (χ2v) is 7.09. The number of rotatable bonds is 6. The molecule has 0 unspecified atom stereocenters. The van der Waals surface area contributed by atoms with Gasteiger partial charge in [-0.3, -0.25) is 25.0 Å². The summed E-state index contributed by atoms with van der Waals surface area (Å²) in [5, 5.41) is 24.7. The Bertz CT molecular complexity index is 844. The predicted molar refractivity (Wildman–Crippen MR) is 103 cm³/mol. The molecule has 0 radical (unpaired) electrons. The summed E-state index contributed by atoms with van der Waals surface area (Å²) >= 11 is 0. The van der Waals surface area contributed by atoms with E-state index in [2.05, 4.69) is 17.4 Å². The third kappa shape index (κ3) is 4.70. The van der Waals surface area contributed by atoms with E-state index in [1.807, 2.05) is 18.2 Å². The van der Waals surface area contributed by atoms with Crippen molar-refractivity contribution < 1.29 is 14.6 Å². The van der Waals surface area contributed by atoms with Crippen LogP contribution in [0.25, 0.3) is 0 Å². The first-order valence-corrected chi connectivity index (χ1v) is 9.21. The van der Waals surface area contributed by atoms with Gasteiger partial charge in [-0.15, -0.1) is 0 Å². The lowest BCUT2D eigenvalue weighted by Crippen LogP contribution is -2.31. The van der Waals surface area contributed by atoms with E-state index in [4.69, 9.17) is 0 Å². The maximum Gasteiger partial charge on any atom is 0.277 e. The number of nitrogens with one attached hydrogen (secondary N) is 1. The average Bonchev–Trinajstić information content (AvgIpc) is 2.72. The molecule has 8 nitrogen and oxygen atoms in total. The Kier molecular flexibility index (Phi) is 5.98. The fraction of sp³-hybridized carbons (Fsp3) is 0.350. The molecule has 0 spiro atoms. The highest BCUT2D eigenvalue weighted by Crippen LogP contribution is 2.35. The molecular weight excluding hydrogens is 362 g/mol. The molecule has 0 atom stereocenters. The van der Waals surface area contributed by atoms with Crippen LogP contribution in [0.5, 0.6) is 0 Å². The van der Waals surface area contributed by atoms with Crippen LogP contribution in [-0.4, -0.2) is 22.3 Å². The van der Waals surface area contributed by atoms with Gasteiger partial charge in [-0.1, -0.05) is 30.3 Å². The van der Waals surface area contributed by atoms with Crippen molar-refractivity contribution in [1.29, 1.82) is 0 Å². The lowest BCUT2D eigenvalue weighted by atomic mass is 9.78. The van der Waals surface area contributed by atoms with Crippen LogP contribution in [0.1, 0.15) is 47.5 Å². The molecule has 0 heterocycles. The molecular formula is C20H21N3O5. The molecule has 28 heavy (non-hydrogen) atoms. The maximum atomic E-state index is 12.4. The predicted octanol–water partition coefficient (Wildman–Crippen LogP) is 4.21. The minimum Gasteiger partial charge on any atom is -0.352 e. The van der Waals surface area contributed by atoms with E-state index < -0.39 is 27.1 Å². The smallest absolute Gasteiger partial charge is 0.277 e. The van der Waals surface area contributed by atoms with Crippen molar-refractivity contribution in [2.24, 2.45) is 5.92 Å². The van der Waals surface area contributed by atoms with E-state index in [1.165, 1.54) is 5.56 Å². The van der Waals surface area contributed by atoms with Crippen molar-refractivity contribution >= 4 is 17.3 Å². The normalized spacial score (nSPS) is 19.0. The van der Waals surface area contributed by atoms with Gasteiger partial charge in [0.2, 0.25) is 0 Å². The molecule has 0 saturated heterocycles. The third-order valence-corrected chi connectivity index (χ3v) is 5.26. The van der Waals surface area contributed by atoms with Crippen molar-refractivity contribution in [2.75, 3.05) is 6.54 Å². The first-order chi connectivity index (χ1) is 13.4. The van der Waals surface area contributed by atoms with Crippen LogP contribution in [0.3, 0.4) is 0 Å². The third-order valence-electron chi connectivity index (χ3n) is 5.26. The number of hydrogen-bond acceptors (Lipinski definition) is 5. The van der Waals surface area contributed by atoms with Crippen LogP contribution in [0.2, 0.25) is 0 Å². The van der Waals surface area contributed by atoms with Crippen molar-refractivity contribution in [3.05, 3.63) is 79.9 Å². The number of carbonyl (C=O) groups is 1. The largest absolute Gasteiger partial charge is 0.352 e. The summed E-state index contributed by atoms with van der Waals surface area (Å²) in [6.07, 6.45) is 4.06. The van der Waals surface area contributed by atoms with Gasteiger partial charge in [-0.05, 0) is 43.1 Å². The molecule has 1 fully saturated rings. The number of amides is 1. The van der Waals surface area contributed by atoms with Crippen molar-refractivity contribution in [3.8, 4) is 0 Å². The summed E-state index contributed by atoms with van der Waals surface area (Å²) in [7, 11) is 0. The number of nitro benzene ring substituents is 2. The molecule has 0 bridgehead atoms. The van der Waals surface area contributed by atoms with E-state index in [1.54, 1.807) is 0 Å². The van der Waals surface area contributed by atoms with Crippen LogP contribution in [0.15, 0.2) is 48.5 Å². The summed E-state index contributed by atoms with van der Waals surface area (Å²) in [5.41, 5.74) is 0.332. The van der Waals surface area contributed by atoms with Gasteiger partial charge in [-0.2, -0.15) is 0 Å². The number of hydrogen-bond donors (Lipinski definition) is 1. The Hall–Kier alpha value is -3.29. The second-order valence-electron chi connectivity index (χ2n) is 7.09. The minimum absolute atomic E-state index is 0.0705. The fourth-order valence-electron chi connectivity index (χ4n) is 3.70. The zero-order valence-electron chi connectivity index (χ0n) is 15.2. The molecule has 1 amide bonds. The molecule has 2 aromatic rings. The van der Waals surface area contributed by atoms with Crippen LogP contribution in [-0.2, 0) is 0 Å². The second kappa shape index (κ2) is 8.60. The van der Waals surface area contributed by atoms with Crippen LogP contribution < -0.4 is 5.32 Å². The molecule has 146 valence electrons. The topological polar surface area (TPSA) is 115 Å². The summed E-state index contributed by atoms with van der Waals surface area (Å²) in [5.74, 6) is 0.335. The summed E-state index contributed by atoms with van der Waals surface area (Å²) in [6.45, 7) is 0.455. The molecule has 0 aliphatic heterocycles. The van der Waals surface area contributed by atoms with Gasteiger partial charge in [0, 0.05) is 18.7 Å². The lowest BCUT2D eigenvalue weighted by molar-refractivity contribution is -0.394. The number of nitrogens with zero attached hydrogens (tertiary/aromatic N) is 2. The molecule has 1 N–H and O–H groups in total. The van der Waals surface area contributed by atoms with Crippen LogP contribution >= 0.6 is 0 Å². The maximum absolute atomic E-state index is 12.4. The molecule has 1 aliphatic carbocycles. The van der Waals surface area contributed by atoms with Gasteiger partial charge >= 0.3 is 0 Å². The number of non-ortho nitro benzene ring substituents is 2. The van der Waals surface area contributed by atoms with Gasteiger partial charge < -0.3 is 5.32 Å². The highest BCUT2D eigenvalue weighted by Gasteiger charge is 2.24. The Labute approximate surface area is 161 Å². The highest BCUT2D eigenvalue weighted by atomic mass is 16.6. The number of carbonyl (C=O) groups excluding carboxylic acids is 1. The molecule has 8 heteroatoms. The minimum atomic E-state index is -0.741. The van der Waals surface area contributed by atoms with Gasteiger partial charge in [0.25, 0.3) is 17.3 Å². The molecule has 0 aromatic heterocycles. The van der Waals surface area contributed by atoms with Crippen molar-refractivity contribution in [1.82, 2.24) is 5.32 Å². The van der Waals surface area contributed by atoms with Crippen molar-refractivity contribution in [3.63, 3.8) is 0 Å². The van der Waals surface area contributed by atoms with E-state index >= 15 is 0 Å². The number of benzene rings is 2. The Morgan fingerprint density at radius 2 is 1.50 bits per heavy atom. The molecule has 2 aromatic carbocycles. The van der Waals surface area contributed by atoms with Crippen molar-refractivity contribution in [2.45, 2.75) is 31.6 Å². The van der Waals surface area contributed by atoms with Gasteiger partial charge in [-0.25, -0.2) is 0 Å². The SMILES string of the molecule is O=C(NCC1CCC(c2ccccc2)CC1)c1cc([N+](=O)[O-])cc([N+](=O)[O-])c1.